The third kappa shape index (κ3) is 3.79. The molecule has 0 saturated heterocycles. The number of hydrogen-bond donors (Lipinski definition) is 2. The Labute approximate surface area is 129 Å². The van der Waals surface area contributed by atoms with E-state index in [0.717, 1.165) is 19.3 Å². The second-order valence-corrected chi connectivity index (χ2v) is 6.13. The summed E-state index contributed by atoms with van der Waals surface area (Å²) in [5, 5.41) is 12.6. The number of nitrogens with one attached hydrogen (secondary N) is 1. The van der Waals surface area contributed by atoms with Gasteiger partial charge in [-0.05, 0) is 25.8 Å². The van der Waals surface area contributed by atoms with Crippen molar-refractivity contribution < 1.29 is 14.7 Å². The molecule has 1 amide bonds. The first-order chi connectivity index (χ1) is 9.96. The van der Waals surface area contributed by atoms with Gasteiger partial charge in [-0.15, -0.1) is 0 Å². The maximum Gasteiger partial charge on any atom is 0.305 e. The van der Waals surface area contributed by atoms with Gasteiger partial charge in [0.2, 0.25) is 0 Å². The van der Waals surface area contributed by atoms with Crippen LogP contribution in [0.4, 0.5) is 0 Å². The first-order valence-electron chi connectivity index (χ1n) is 7.36. The molecule has 6 heteroatoms. The Morgan fingerprint density at radius 2 is 2.05 bits per heavy atom. The van der Waals surface area contributed by atoms with Crippen molar-refractivity contribution >= 4 is 23.5 Å². The topological polar surface area (TPSA) is 71.3 Å². The molecule has 2 rings (SSSR count). The minimum atomic E-state index is -0.874. The van der Waals surface area contributed by atoms with E-state index in [4.69, 9.17) is 16.7 Å². The molecule has 1 aromatic rings. The highest BCUT2D eigenvalue weighted by Crippen LogP contribution is 2.31. The van der Waals surface area contributed by atoms with Gasteiger partial charge in [0.1, 0.15) is 5.69 Å². The maximum absolute atomic E-state index is 12.5. The smallest absolute Gasteiger partial charge is 0.305 e. The van der Waals surface area contributed by atoms with Crippen LogP contribution in [0.2, 0.25) is 5.02 Å². The lowest BCUT2D eigenvalue weighted by molar-refractivity contribution is -0.139. The van der Waals surface area contributed by atoms with Crippen LogP contribution in [0.15, 0.2) is 12.3 Å². The molecule has 0 atom stereocenters. The van der Waals surface area contributed by atoms with Gasteiger partial charge in [-0.25, -0.2) is 0 Å². The first-order valence-corrected chi connectivity index (χ1v) is 7.73. The fourth-order valence-electron chi connectivity index (χ4n) is 3.10. The third-order valence-electron chi connectivity index (χ3n) is 4.12. The van der Waals surface area contributed by atoms with Crippen LogP contribution >= 0.6 is 11.6 Å². The van der Waals surface area contributed by atoms with E-state index in [1.165, 1.54) is 0 Å². The number of aromatic nitrogens is 1. The van der Waals surface area contributed by atoms with E-state index in [1.807, 2.05) is 6.92 Å². The zero-order chi connectivity index (χ0) is 15.5. The average molecular weight is 313 g/mol. The molecule has 21 heavy (non-hydrogen) atoms. The number of amides is 1. The van der Waals surface area contributed by atoms with Crippen LogP contribution in [0.1, 0.15) is 55.9 Å². The number of carbonyl (C=O) groups is 2. The van der Waals surface area contributed by atoms with Crippen molar-refractivity contribution in [1.29, 1.82) is 0 Å². The van der Waals surface area contributed by atoms with Crippen molar-refractivity contribution in [2.45, 2.75) is 57.5 Å². The molecule has 2 N–H and O–H groups in total. The van der Waals surface area contributed by atoms with E-state index in [0.29, 0.717) is 30.1 Å². The van der Waals surface area contributed by atoms with Gasteiger partial charge in [0, 0.05) is 12.7 Å². The highest BCUT2D eigenvalue weighted by molar-refractivity contribution is 6.31. The van der Waals surface area contributed by atoms with Gasteiger partial charge in [-0.2, -0.15) is 0 Å². The van der Waals surface area contributed by atoms with E-state index in [9.17, 15) is 9.59 Å². The summed E-state index contributed by atoms with van der Waals surface area (Å²) in [6.45, 7) is 2.57. The van der Waals surface area contributed by atoms with E-state index in [2.05, 4.69) is 5.32 Å². The zero-order valence-electron chi connectivity index (χ0n) is 12.2. The second-order valence-electron chi connectivity index (χ2n) is 5.70. The number of halogens is 1. The molecular formula is C15H21ClN2O3. The highest BCUT2D eigenvalue weighted by atomic mass is 35.5. The number of carbonyl (C=O) groups excluding carboxylic acids is 1. The van der Waals surface area contributed by atoms with E-state index in [-0.39, 0.29) is 12.3 Å². The van der Waals surface area contributed by atoms with E-state index in [1.54, 1.807) is 16.8 Å². The Kier molecular flexibility index (Phi) is 4.93. The fourth-order valence-corrected chi connectivity index (χ4v) is 3.32. The Morgan fingerprint density at radius 3 is 2.62 bits per heavy atom. The minimum absolute atomic E-state index is 0.0285. The molecule has 0 bridgehead atoms. The van der Waals surface area contributed by atoms with Crippen LogP contribution in [0.5, 0.6) is 0 Å². The lowest BCUT2D eigenvalue weighted by Gasteiger charge is -2.37. The molecule has 1 heterocycles. The molecule has 0 aromatic carbocycles. The number of carboxylic acid groups (broad SMARTS) is 1. The molecule has 0 radical (unpaired) electrons. The minimum Gasteiger partial charge on any atom is -0.481 e. The summed E-state index contributed by atoms with van der Waals surface area (Å²) in [4.78, 5) is 23.6. The Balaban J connectivity index is 2.19. The molecule has 0 aliphatic heterocycles. The van der Waals surface area contributed by atoms with Crippen molar-refractivity contribution in [3.05, 3.63) is 23.0 Å². The number of aliphatic carboxylic acids is 1. The molecule has 1 aliphatic carbocycles. The number of hydrogen-bond acceptors (Lipinski definition) is 2. The average Bonchev–Trinajstić information content (AvgIpc) is 2.80. The molecule has 1 aromatic heterocycles. The van der Waals surface area contributed by atoms with Crippen LogP contribution in [0.3, 0.4) is 0 Å². The lowest BCUT2D eigenvalue weighted by Crippen LogP contribution is -2.51. The van der Waals surface area contributed by atoms with Crippen LogP contribution in [-0.2, 0) is 11.3 Å². The predicted molar refractivity (Wildman–Crippen MR) is 80.7 cm³/mol. The van der Waals surface area contributed by atoms with Crippen molar-refractivity contribution in [1.82, 2.24) is 9.88 Å². The highest BCUT2D eigenvalue weighted by Gasteiger charge is 2.36. The van der Waals surface area contributed by atoms with Crippen LogP contribution in [0.25, 0.3) is 0 Å². The first kappa shape index (κ1) is 15.9. The predicted octanol–water partition coefficient (Wildman–Crippen LogP) is 3.07. The molecule has 0 spiro atoms. The van der Waals surface area contributed by atoms with Gasteiger partial charge < -0.3 is 15.0 Å². The molecule has 5 nitrogen and oxygen atoms in total. The van der Waals surface area contributed by atoms with Crippen molar-refractivity contribution in [3.8, 4) is 0 Å². The normalized spacial score (nSPS) is 17.4. The van der Waals surface area contributed by atoms with Gasteiger partial charge in [0.05, 0.1) is 17.0 Å². The van der Waals surface area contributed by atoms with Gasteiger partial charge in [-0.3, -0.25) is 9.59 Å². The molecule has 0 unspecified atom stereocenters. The monoisotopic (exact) mass is 312 g/mol. The molecule has 116 valence electrons. The second kappa shape index (κ2) is 6.52. The molecule has 1 fully saturated rings. The summed E-state index contributed by atoms with van der Waals surface area (Å²) in [6, 6.07) is 1.62. The summed E-state index contributed by atoms with van der Waals surface area (Å²) in [7, 11) is 0. The Bertz CT molecular complexity index is 533. The number of rotatable bonds is 5. The summed E-state index contributed by atoms with van der Waals surface area (Å²) in [6.07, 6.45) is 6.10. The summed E-state index contributed by atoms with van der Waals surface area (Å²) in [5.74, 6) is -1.12. The lowest BCUT2D eigenvalue weighted by atomic mass is 9.79. The zero-order valence-corrected chi connectivity index (χ0v) is 12.9. The van der Waals surface area contributed by atoms with Gasteiger partial charge in [0.15, 0.2) is 0 Å². The number of carboxylic acids is 1. The molecular weight excluding hydrogens is 292 g/mol. The Hall–Kier alpha value is -1.49. The van der Waals surface area contributed by atoms with Crippen molar-refractivity contribution in [2.75, 3.05) is 0 Å². The standard InChI is InChI=1S/C15H21ClN2O3/c1-2-18-10-11(16)8-12(18)14(21)17-15(9-13(19)20)6-4-3-5-7-15/h8,10H,2-7,9H2,1H3,(H,17,21)(H,19,20). The van der Waals surface area contributed by atoms with Gasteiger partial charge >= 0.3 is 5.97 Å². The Morgan fingerprint density at radius 1 is 1.38 bits per heavy atom. The van der Waals surface area contributed by atoms with E-state index >= 15 is 0 Å². The molecule has 1 saturated carbocycles. The molecule has 1 aliphatic rings. The van der Waals surface area contributed by atoms with Gasteiger partial charge in [0.25, 0.3) is 5.91 Å². The third-order valence-corrected chi connectivity index (χ3v) is 4.32. The van der Waals surface area contributed by atoms with E-state index < -0.39 is 11.5 Å². The van der Waals surface area contributed by atoms with Gasteiger partial charge in [-0.1, -0.05) is 30.9 Å². The quantitative estimate of drug-likeness (QED) is 0.877. The SMILES string of the molecule is CCn1cc(Cl)cc1C(=O)NC1(CC(=O)O)CCCCC1. The number of nitrogens with zero attached hydrogens (tertiary/aromatic N) is 1. The maximum atomic E-state index is 12.5. The van der Waals surface area contributed by atoms with Crippen LogP contribution < -0.4 is 5.32 Å². The van der Waals surface area contributed by atoms with Crippen LogP contribution in [0, 0.1) is 0 Å². The summed E-state index contributed by atoms with van der Waals surface area (Å²) in [5.41, 5.74) is -0.144. The fraction of sp³-hybridized carbons (Fsp3) is 0.600. The van der Waals surface area contributed by atoms with Crippen molar-refractivity contribution in [3.63, 3.8) is 0 Å². The van der Waals surface area contributed by atoms with Crippen LogP contribution in [-0.4, -0.2) is 27.1 Å². The summed E-state index contributed by atoms with van der Waals surface area (Å²) < 4.78 is 1.77. The summed E-state index contributed by atoms with van der Waals surface area (Å²) >= 11 is 5.96. The number of aryl methyl sites for hydroxylation is 1. The van der Waals surface area contributed by atoms with Crippen molar-refractivity contribution in [2.24, 2.45) is 0 Å². The largest absolute Gasteiger partial charge is 0.481 e.